The number of hydrogen-bond donors (Lipinski definition) is 18. The number of carbonyl (C=O) groups excluding carboxylic acids is 9. The monoisotopic (exact) mass is 1070 g/mol. The number of carboxylic acid groups (broad SMARTS) is 2. The molecule has 76 heavy (non-hydrogen) atoms. The number of aliphatic imine (C=N–C) groups is 1. The van der Waals surface area contributed by atoms with Crippen LogP contribution < -0.4 is 64.2 Å². The molecule has 32 nitrogen and oxygen atoms in total. The van der Waals surface area contributed by atoms with Gasteiger partial charge in [-0.2, -0.15) is 0 Å². The number of fused-ring (bicyclic) bond motifs is 3. The maximum atomic E-state index is 14.3. The van der Waals surface area contributed by atoms with Gasteiger partial charge in [-0.05, 0) is 63.8 Å². The Labute approximate surface area is 431 Å². The Hall–Kier alpha value is -8.20. The summed E-state index contributed by atoms with van der Waals surface area (Å²) in [6.07, 6.45) is -3.39. The molecule has 0 saturated carbocycles. The molecular formula is C44H62N14O18. The lowest BCUT2D eigenvalue weighted by Gasteiger charge is -2.47. The molecule has 0 radical (unpaired) electrons. The fourth-order valence-electron chi connectivity index (χ4n) is 8.53. The Morgan fingerprint density at radius 3 is 2.24 bits per heavy atom. The number of piperidine rings is 1. The van der Waals surface area contributed by atoms with E-state index in [9.17, 15) is 88.6 Å². The van der Waals surface area contributed by atoms with Crippen molar-refractivity contribution in [2.75, 3.05) is 44.2 Å². The molecule has 5 rings (SSSR count). The van der Waals surface area contributed by atoms with Crippen molar-refractivity contribution in [3.63, 3.8) is 0 Å². The zero-order chi connectivity index (χ0) is 56.0. The first-order valence-electron chi connectivity index (χ1n) is 23.9. The number of aliphatic hydroxyl groups excluding tert-OH is 2. The van der Waals surface area contributed by atoms with Gasteiger partial charge in [0.25, 0.3) is 5.91 Å². The molecular weight excluding hydrogens is 1010 g/mol. The number of phenolic OH excluding ortho intramolecular Hbond substituents is 2. The van der Waals surface area contributed by atoms with Crippen LogP contribution in [0.3, 0.4) is 0 Å². The normalized spacial score (nSPS) is 20.9. The van der Waals surface area contributed by atoms with Crippen LogP contribution in [0.4, 0.5) is 5.69 Å². The lowest BCUT2D eigenvalue weighted by Crippen LogP contribution is -2.66. The van der Waals surface area contributed by atoms with Crippen molar-refractivity contribution in [1.82, 2.24) is 52.9 Å². The Balaban J connectivity index is 1.27. The first-order valence-corrected chi connectivity index (χ1v) is 23.9. The maximum Gasteiger partial charge on any atom is 0.335 e. The van der Waals surface area contributed by atoms with Crippen LogP contribution >= 0.6 is 0 Å². The number of nitrogens with two attached hydrogens (primary N) is 2. The van der Waals surface area contributed by atoms with E-state index in [4.69, 9.17) is 11.5 Å². The summed E-state index contributed by atoms with van der Waals surface area (Å²) in [5.74, 6) is -13.3. The number of aliphatic hydroxyl groups is 2. The number of anilines is 1. The van der Waals surface area contributed by atoms with Gasteiger partial charge in [0.2, 0.25) is 47.3 Å². The van der Waals surface area contributed by atoms with Crippen LogP contribution in [-0.4, -0.2) is 206 Å². The van der Waals surface area contributed by atoms with Gasteiger partial charge in [0.15, 0.2) is 17.6 Å². The Morgan fingerprint density at radius 2 is 1.57 bits per heavy atom. The number of rotatable bonds is 25. The van der Waals surface area contributed by atoms with Crippen LogP contribution in [0.1, 0.15) is 63.4 Å². The van der Waals surface area contributed by atoms with E-state index < -0.39 is 157 Å². The maximum absolute atomic E-state index is 14.3. The summed E-state index contributed by atoms with van der Waals surface area (Å²) >= 11 is 0. The number of primary amides is 1. The minimum absolute atomic E-state index is 0.0128. The van der Waals surface area contributed by atoms with Crippen LogP contribution in [-0.2, 0) is 52.7 Å². The van der Waals surface area contributed by atoms with Crippen molar-refractivity contribution in [3.8, 4) is 11.5 Å². The van der Waals surface area contributed by atoms with Crippen molar-refractivity contribution < 1.29 is 88.6 Å². The molecule has 9 amide bonds. The lowest BCUT2D eigenvalue weighted by molar-refractivity contribution is -0.173. The third-order valence-corrected chi connectivity index (χ3v) is 12.4. The summed E-state index contributed by atoms with van der Waals surface area (Å²) in [6.45, 7) is -1.76. The van der Waals surface area contributed by atoms with Gasteiger partial charge in [0.1, 0.15) is 54.3 Å². The fourth-order valence-corrected chi connectivity index (χ4v) is 8.53. The molecule has 2 fully saturated rings. The second-order valence-corrected chi connectivity index (χ2v) is 17.9. The van der Waals surface area contributed by atoms with Crippen LogP contribution in [0.15, 0.2) is 22.8 Å². The SMILES string of the molecule is NCCC[C@H](NC(=O)[C@H](CC(=O)O)NC(=O)[C@@H]1CCNC2C(NC(=O)CCC(N)=O)=Cc3cc(O)c(O)cc3N21)C(=O)N[C@@H](C1=NCCC(C(=O)NCC(=O)N[C@@H](CO)C(=O)NC2CCCN(O)C2=O)N1)[C@@H](O)C(=O)O. The predicted molar refractivity (Wildman–Crippen MR) is 258 cm³/mol. The van der Waals surface area contributed by atoms with Crippen molar-refractivity contribution in [2.24, 2.45) is 16.5 Å². The summed E-state index contributed by atoms with van der Waals surface area (Å²) in [5, 5.41) is 93.5. The van der Waals surface area contributed by atoms with Crippen LogP contribution in [0.25, 0.3) is 6.08 Å². The summed E-state index contributed by atoms with van der Waals surface area (Å²) in [5.41, 5.74) is 11.4. The van der Waals surface area contributed by atoms with Crippen molar-refractivity contribution in [3.05, 3.63) is 23.4 Å². The minimum Gasteiger partial charge on any atom is -0.504 e. The zero-order valence-electron chi connectivity index (χ0n) is 40.7. The molecule has 1 aromatic carbocycles. The van der Waals surface area contributed by atoms with Gasteiger partial charge >= 0.3 is 11.9 Å². The second-order valence-electron chi connectivity index (χ2n) is 17.9. The molecule has 0 aliphatic carbocycles. The molecule has 9 atom stereocenters. The molecule has 1 aromatic rings. The summed E-state index contributed by atoms with van der Waals surface area (Å²) in [6, 6.07) is -8.40. The summed E-state index contributed by atoms with van der Waals surface area (Å²) in [7, 11) is 0. The van der Waals surface area contributed by atoms with Crippen molar-refractivity contribution >= 4 is 82.7 Å². The van der Waals surface area contributed by atoms with Crippen LogP contribution in [0, 0.1) is 0 Å². The number of carbonyl (C=O) groups is 11. The van der Waals surface area contributed by atoms with Gasteiger partial charge in [-0.3, -0.25) is 63.5 Å². The highest BCUT2D eigenvalue weighted by molar-refractivity contribution is 6.02. The number of benzene rings is 1. The topological polar surface area (TPSA) is 509 Å². The van der Waals surface area contributed by atoms with E-state index in [1.54, 1.807) is 0 Å². The Bertz CT molecular complexity index is 2490. The zero-order valence-corrected chi connectivity index (χ0v) is 40.7. The number of nitrogens with zero attached hydrogens (tertiary/aromatic N) is 3. The molecule has 4 aliphatic heterocycles. The first-order chi connectivity index (χ1) is 36.0. The molecule has 0 aromatic heterocycles. The molecule has 4 aliphatic rings. The number of phenols is 2. The quantitative estimate of drug-likeness (QED) is 0.0319. The number of nitrogens with one attached hydrogen (secondary N) is 9. The summed E-state index contributed by atoms with van der Waals surface area (Å²) < 4.78 is 0. The number of hydrogen-bond acceptors (Lipinski definition) is 21. The third-order valence-electron chi connectivity index (χ3n) is 12.4. The van der Waals surface area contributed by atoms with Gasteiger partial charge in [-0.15, -0.1) is 0 Å². The standard InChI is InChI=1S/C44H62N14O18/c45-9-1-3-20(39(69)56-34(35(67)44(74)75)36-47-10-7-21(52-36)38(68)49-17-32(64)51-25(18-59)41(71)54-22-4-2-12-57(76)43(22)73)53-40(70)24(15-33(65)66)55-42(72)26-8-11-48-37-23(50-31(63)6-5-30(46)62)13-19-14-28(60)29(61)16-27(19)58(26)37/h13-14,16,20-22,24-26,34-35,37,48,59-61,67,76H,1-12,15,17-18,45H2,(H2,46,62)(H,47,52)(H,49,68)(H,50,63)(H,51,64)(H,53,70)(H,54,71)(H,55,72)(H,56,69)(H,65,66)(H,74,75)/t20-,21?,22?,24-,25-,26-,34+,35+,37?/m0/s1. The highest BCUT2D eigenvalue weighted by Gasteiger charge is 2.43. The number of amidine groups is 1. The summed E-state index contributed by atoms with van der Waals surface area (Å²) in [4.78, 5) is 147. The molecule has 20 N–H and O–H groups in total. The lowest BCUT2D eigenvalue weighted by atomic mass is 9.95. The van der Waals surface area contributed by atoms with Crippen LogP contribution in [0.5, 0.6) is 11.5 Å². The third kappa shape index (κ3) is 15.4. The number of amides is 9. The number of carboxylic acids is 2. The van der Waals surface area contributed by atoms with E-state index in [0.29, 0.717) is 11.5 Å². The van der Waals surface area contributed by atoms with E-state index in [2.05, 4.69) is 52.8 Å². The average molecular weight is 1080 g/mol. The number of aliphatic carboxylic acids is 2. The highest BCUT2D eigenvalue weighted by Crippen LogP contribution is 2.41. The van der Waals surface area contributed by atoms with Gasteiger partial charge in [-0.1, -0.05) is 0 Å². The molecule has 0 spiro atoms. The fraction of sp³-hybridized carbons (Fsp3) is 0.545. The van der Waals surface area contributed by atoms with E-state index in [-0.39, 0.29) is 88.1 Å². The molecule has 416 valence electrons. The largest absolute Gasteiger partial charge is 0.504 e. The van der Waals surface area contributed by atoms with E-state index in [1.165, 1.54) is 11.0 Å². The Kier molecular flexibility index (Phi) is 20.7. The average Bonchev–Trinajstić information content (AvgIpc) is 3.38. The molecule has 0 bridgehead atoms. The molecule has 4 heterocycles. The smallest absolute Gasteiger partial charge is 0.335 e. The predicted octanol–water partition coefficient (Wildman–Crippen LogP) is -7.71. The molecule has 2 saturated heterocycles. The Morgan fingerprint density at radius 1 is 0.855 bits per heavy atom. The van der Waals surface area contributed by atoms with Crippen LogP contribution in [0.2, 0.25) is 0 Å². The van der Waals surface area contributed by atoms with E-state index in [0.717, 1.165) is 12.1 Å². The molecule has 3 unspecified atom stereocenters. The van der Waals surface area contributed by atoms with E-state index >= 15 is 0 Å². The van der Waals surface area contributed by atoms with Gasteiger partial charge < -0.3 is 89.5 Å². The van der Waals surface area contributed by atoms with E-state index in [1.807, 2.05) is 0 Å². The second kappa shape index (κ2) is 26.8. The van der Waals surface area contributed by atoms with Gasteiger partial charge in [0, 0.05) is 37.6 Å². The van der Waals surface area contributed by atoms with Gasteiger partial charge in [-0.25, -0.2) is 9.86 Å². The van der Waals surface area contributed by atoms with Crippen molar-refractivity contribution in [2.45, 2.75) is 112 Å². The number of hydroxylamine groups is 2. The minimum atomic E-state index is -2.45. The number of aromatic hydroxyl groups is 2. The molecule has 32 heteroatoms. The highest BCUT2D eigenvalue weighted by atomic mass is 16.5. The van der Waals surface area contributed by atoms with Gasteiger partial charge in [0.05, 0.1) is 31.0 Å². The van der Waals surface area contributed by atoms with Crippen molar-refractivity contribution in [1.29, 1.82) is 0 Å². The first kappa shape index (κ1) is 58.7.